The second-order valence-electron chi connectivity index (χ2n) is 6.87. The van der Waals surface area contributed by atoms with Crippen molar-refractivity contribution in [2.45, 2.75) is 32.2 Å². The molecule has 30 heavy (non-hydrogen) atoms. The third-order valence-electron chi connectivity index (χ3n) is 4.89. The number of nitrogens with zero attached hydrogens (tertiary/aromatic N) is 5. The topological polar surface area (TPSA) is 101 Å². The number of likely N-dealkylation sites (tertiary alicyclic amines) is 1. The van der Waals surface area contributed by atoms with E-state index >= 15 is 0 Å². The van der Waals surface area contributed by atoms with Gasteiger partial charge in [-0.3, -0.25) is 9.48 Å². The first-order valence-corrected chi connectivity index (χ1v) is 9.92. The predicted molar refractivity (Wildman–Crippen MR) is 111 cm³/mol. The van der Waals surface area contributed by atoms with E-state index in [1.54, 1.807) is 17.1 Å². The van der Waals surface area contributed by atoms with Gasteiger partial charge in [0.1, 0.15) is 17.9 Å². The molecule has 3 aromatic rings. The van der Waals surface area contributed by atoms with Crippen LogP contribution in [0.4, 0.5) is 16.0 Å². The Labute approximate surface area is 176 Å². The molecule has 1 aliphatic heterocycles. The van der Waals surface area contributed by atoms with E-state index in [0.717, 1.165) is 6.54 Å². The van der Waals surface area contributed by atoms with Gasteiger partial charge in [0.2, 0.25) is 17.7 Å². The molecular formula is C19H21ClFN7O2. The summed E-state index contributed by atoms with van der Waals surface area (Å²) < 4.78 is 22.3. The molecule has 1 fully saturated rings. The van der Waals surface area contributed by atoms with Crippen LogP contribution in [0.25, 0.3) is 11.0 Å². The van der Waals surface area contributed by atoms with Gasteiger partial charge in [-0.25, -0.2) is 4.39 Å². The summed E-state index contributed by atoms with van der Waals surface area (Å²) in [6.45, 7) is 6.58. The van der Waals surface area contributed by atoms with Gasteiger partial charge in [-0.2, -0.15) is 15.1 Å². The Bertz CT molecular complexity index is 1080. The number of nitrogens with one attached hydrogen (secondary N) is 2. The Morgan fingerprint density at radius 1 is 1.53 bits per heavy atom. The van der Waals surface area contributed by atoms with Gasteiger partial charge in [0.05, 0.1) is 28.8 Å². The number of aromatic nitrogens is 5. The van der Waals surface area contributed by atoms with E-state index in [-0.39, 0.29) is 30.7 Å². The zero-order valence-electron chi connectivity index (χ0n) is 16.3. The first-order chi connectivity index (χ1) is 14.5. The number of H-pyrrole nitrogens is 1. The lowest BCUT2D eigenvalue weighted by Crippen LogP contribution is -2.49. The molecular weight excluding hydrogens is 413 g/mol. The summed E-state index contributed by atoms with van der Waals surface area (Å²) in [7, 11) is 0. The fourth-order valence-electron chi connectivity index (χ4n) is 3.31. The summed E-state index contributed by atoms with van der Waals surface area (Å²) in [5.41, 5.74) is 1.14. The van der Waals surface area contributed by atoms with Crippen LogP contribution >= 0.6 is 11.6 Å². The third-order valence-corrected chi connectivity index (χ3v) is 5.19. The molecule has 4 rings (SSSR count). The standard InChI is InChI=1S/C19H21ClFN7O2/c1-3-15(29)27-6-5-13(21)14(10-27)30-18-16-12(20)8-22-17(16)25-19(26-18)24-11-7-23-28(4-2)9-11/h3,7-9,13-14H,1,4-6,10H2,2H3,(H2,22,24,25,26)/t13-,14-/m1/s1. The van der Waals surface area contributed by atoms with Crippen molar-refractivity contribution in [3.8, 4) is 5.88 Å². The quantitative estimate of drug-likeness (QED) is 0.579. The minimum absolute atomic E-state index is 0.0889. The van der Waals surface area contributed by atoms with Crippen molar-refractivity contribution in [1.82, 2.24) is 29.6 Å². The van der Waals surface area contributed by atoms with Gasteiger partial charge in [-0.05, 0) is 19.4 Å². The number of halogens is 2. The Morgan fingerprint density at radius 3 is 3.10 bits per heavy atom. The summed E-state index contributed by atoms with van der Waals surface area (Å²) in [5, 5.41) is 8.07. The van der Waals surface area contributed by atoms with Crippen molar-refractivity contribution in [3.63, 3.8) is 0 Å². The summed E-state index contributed by atoms with van der Waals surface area (Å²) in [6, 6.07) is 0. The van der Waals surface area contributed by atoms with Crippen molar-refractivity contribution < 1.29 is 13.9 Å². The highest BCUT2D eigenvalue weighted by atomic mass is 35.5. The molecule has 2 N–H and O–H groups in total. The fraction of sp³-hybridized carbons (Fsp3) is 0.368. The second kappa shape index (κ2) is 8.31. The van der Waals surface area contributed by atoms with Crippen molar-refractivity contribution in [2.75, 3.05) is 18.4 Å². The van der Waals surface area contributed by atoms with E-state index in [4.69, 9.17) is 16.3 Å². The zero-order valence-corrected chi connectivity index (χ0v) is 17.1. The van der Waals surface area contributed by atoms with Gasteiger partial charge in [0, 0.05) is 25.5 Å². The third kappa shape index (κ3) is 3.95. The van der Waals surface area contributed by atoms with E-state index in [9.17, 15) is 9.18 Å². The molecule has 9 nitrogen and oxygen atoms in total. The normalized spacial score (nSPS) is 19.1. The number of carbonyl (C=O) groups excluding carboxylic acids is 1. The monoisotopic (exact) mass is 433 g/mol. The van der Waals surface area contributed by atoms with Crippen LogP contribution in [0.3, 0.4) is 0 Å². The maximum absolute atomic E-state index is 14.6. The summed E-state index contributed by atoms with van der Waals surface area (Å²) in [6.07, 6.45) is 4.27. The van der Waals surface area contributed by atoms with E-state index in [2.05, 4.69) is 31.9 Å². The number of rotatable bonds is 6. The summed E-state index contributed by atoms with van der Waals surface area (Å²) in [4.78, 5) is 25.2. The van der Waals surface area contributed by atoms with Crippen LogP contribution in [0, 0.1) is 0 Å². The second-order valence-corrected chi connectivity index (χ2v) is 7.28. The van der Waals surface area contributed by atoms with Gasteiger partial charge < -0.3 is 19.9 Å². The summed E-state index contributed by atoms with van der Waals surface area (Å²) >= 11 is 6.27. The number of fused-ring (bicyclic) bond motifs is 1. The maximum atomic E-state index is 14.6. The first-order valence-electron chi connectivity index (χ1n) is 9.54. The number of piperidine rings is 1. The molecule has 0 aromatic carbocycles. The Balaban J connectivity index is 1.64. The van der Waals surface area contributed by atoms with E-state index in [1.807, 2.05) is 13.1 Å². The number of amides is 1. The van der Waals surface area contributed by atoms with Crippen molar-refractivity contribution >= 4 is 40.2 Å². The molecule has 3 aromatic heterocycles. The number of hydrogen-bond donors (Lipinski definition) is 2. The van der Waals surface area contributed by atoms with Crippen LogP contribution in [0.15, 0.2) is 31.2 Å². The number of anilines is 2. The largest absolute Gasteiger partial charge is 0.469 e. The van der Waals surface area contributed by atoms with Gasteiger partial charge in [-0.15, -0.1) is 0 Å². The highest BCUT2D eigenvalue weighted by molar-refractivity contribution is 6.35. The van der Waals surface area contributed by atoms with Gasteiger partial charge in [-0.1, -0.05) is 18.2 Å². The molecule has 0 radical (unpaired) electrons. The van der Waals surface area contributed by atoms with Crippen molar-refractivity contribution in [1.29, 1.82) is 0 Å². The lowest BCUT2D eigenvalue weighted by molar-refractivity contribution is -0.130. The molecule has 1 amide bonds. The molecule has 11 heteroatoms. The van der Waals surface area contributed by atoms with Crippen molar-refractivity contribution in [2.24, 2.45) is 0 Å². The highest BCUT2D eigenvalue weighted by Crippen LogP contribution is 2.33. The van der Waals surface area contributed by atoms with E-state index in [1.165, 1.54) is 11.0 Å². The summed E-state index contributed by atoms with van der Waals surface area (Å²) in [5.74, 6) is 0.118. The van der Waals surface area contributed by atoms with Crippen LogP contribution < -0.4 is 10.1 Å². The maximum Gasteiger partial charge on any atom is 0.246 e. The average molecular weight is 434 g/mol. The predicted octanol–water partition coefficient (Wildman–Crippen LogP) is 3.08. The van der Waals surface area contributed by atoms with Gasteiger partial charge in [0.25, 0.3) is 0 Å². The number of carbonyl (C=O) groups is 1. The first kappa shape index (κ1) is 20.1. The van der Waals surface area contributed by atoms with Crippen LogP contribution in [0.1, 0.15) is 13.3 Å². The molecule has 0 bridgehead atoms. The molecule has 0 aliphatic carbocycles. The number of aromatic amines is 1. The van der Waals surface area contributed by atoms with Gasteiger partial charge in [0.15, 0.2) is 0 Å². The zero-order chi connectivity index (χ0) is 21.3. The Hall–Kier alpha value is -3.14. The molecule has 1 aliphatic rings. The number of alkyl halides is 1. The van der Waals surface area contributed by atoms with Gasteiger partial charge >= 0.3 is 0 Å². The molecule has 158 valence electrons. The van der Waals surface area contributed by atoms with Crippen molar-refractivity contribution in [3.05, 3.63) is 36.3 Å². The molecule has 0 unspecified atom stereocenters. The molecule has 4 heterocycles. The smallest absolute Gasteiger partial charge is 0.246 e. The fourth-order valence-corrected chi connectivity index (χ4v) is 3.53. The van der Waals surface area contributed by atoms with E-state index in [0.29, 0.717) is 28.3 Å². The molecule has 2 atom stereocenters. The lowest BCUT2D eigenvalue weighted by Gasteiger charge is -2.34. The van der Waals surface area contributed by atoms with Crippen LogP contribution in [-0.4, -0.2) is 60.9 Å². The van der Waals surface area contributed by atoms with Crippen LogP contribution in [0.2, 0.25) is 5.02 Å². The Kier molecular flexibility index (Phi) is 5.58. The molecule has 1 saturated heterocycles. The number of ether oxygens (including phenoxy) is 1. The SMILES string of the molecule is C=CC(=O)N1CC[C@@H](F)[C@H](Oc2nc(Nc3cnn(CC)c3)nc3[nH]cc(Cl)c23)C1. The van der Waals surface area contributed by atoms with E-state index < -0.39 is 12.3 Å². The minimum atomic E-state index is -1.25. The lowest BCUT2D eigenvalue weighted by atomic mass is 10.1. The minimum Gasteiger partial charge on any atom is -0.469 e. The molecule has 0 saturated carbocycles. The number of aryl methyl sites for hydroxylation is 1. The average Bonchev–Trinajstić information content (AvgIpc) is 3.35. The number of hydrogen-bond acceptors (Lipinski definition) is 6. The van der Waals surface area contributed by atoms with Crippen LogP contribution in [-0.2, 0) is 11.3 Å². The highest BCUT2D eigenvalue weighted by Gasteiger charge is 2.33. The molecule has 0 spiro atoms. The Morgan fingerprint density at radius 2 is 2.37 bits per heavy atom. The van der Waals surface area contributed by atoms with Crippen LogP contribution in [0.5, 0.6) is 5.88 Å².